The van der Waals surface area contributed by atoms with Crippen LogP contribution in [0.3, 0.4) is 0 Å². The number of ether oxygens (including phenoxy) is 1. The number of aromatic nitrogens is 3. The molecule has 1 N–H and O–H groups in total. The first-order valence-corrected chi connectivity index (χ1v) is 9.21. The van der Waals surface area contributed by atoms with E-state index in [1.807, 2.05) is 4.57 Å². The van der Waals surface area contributed by atoms with Gasteiger partial charge in [0.05, 0.1) is 6.61 Å². The lowest BCUT2D eigenvalue weighted by Gasteiger charge is -2.08. The highest BCUT2D eigenvalue weighted by molar-refractivity contribution is 7.98. The summed E-state index contributed by atoms with van der Waals surface area (Å²) in [5.41, 5.74) is 1.22. The molecule has 2 heterocycles. The molecule has 9 heteroatoms. The number of carbonyl (C=O) groups is 1. The van der Waals surface area contributed by atoms with Gasteiger partial charge in [-0.25, -0.2) is 9.59 Å². The van der Waals surface area contributed by atoms with Crippen molar-refractivity contribution >= 4 is 34.5 Å². The summed E-state index contributed by atoms with van der Waals surface area (Å²) in [7, 11) is 0. The smallest absolute Gasteiger partial charge is 0.411 e. The fraction of sp³-hybridized carbons (Fsp3) is 0.222. The maximum absolute atomic E-state index is 11.9. The van der Waals surface area contributed by atoms with Gasteiger partial charge < -0.3 is 13.7 Å². The molecule has 0 aliphatic carbocycles. The molecule has 8 nitrogen and oxygen atoms in total. The predicted octanol–water partition coefficient (Wildman–Crippen LogP) is 3.43. The van der Waals surface area contributed by atoms with Crippen molar-refractivity contribution in [2.45, 2.75) is 24.4 Å². The molecule has 1 amide bonds. The number of carbonyl (C=O) groups excluding carboxylic acids is 1. The second-order valence-corrected chi connectivity index (χ2v) is 6.43. The minimum atomic E-state index is -0.563. The monoisotopic (exact) mass is 386 g/mol. The number of nitrogens with one attached hydrogen (secondary N) is 1. The van der Waals surface area contributed by atoms with Crippen LogP contribution in [-0.2, 0) is 17.0 Å². The maximum atomic E-state index is 11.9. The van der Waals surface area contributed by atoms with Gasteiger partial charge in [0.2, 0.25) is 0 Å². The average molecular weight is 386 g/mol. The Morgan fingerprint density at radius 1 is 1.44 bits per heavy atom. The Hall–Kier alpha value is -3.07. The molecule has 0 spiro atoms. The van der Waals surface area contributed by atoms with Crippen LogP contribution < -0.4 is 10.9 Å². The van der Waals surface area contributed by atoms with E-state index in [2.05, 4.69) is 22.1 Å². The topological polar surface area (TPSA) is 99.3 Å². The first-order chi connectivity index (χ1) is 13.1. The summed E-state index contributed by atoms with van der Waals surface area (Å²) in [5, 5.41) is 12.1. The summed E-state index contributed by atoms with van der Waals surface area (Å²) in [6.07, 6.45) is 2.83. The van der Waals surface area contributed by atoms with Crippen molar-refractivity contribution in [2.75, 3.05) is 11.9 Å². The van der Waals surface area contributed by atoms with Crippen molar-refractivity contribution in [3.63, 3.8) is 0 Å². The molecule has 0 saturated heterocycles. The van der Waals surface area contributed by atoms with Crippen molar-refractivity contribution in [1.29, 1.82) is 0 Å². The van der Waals surface area contributed by atoms with Crippen LogP contribution in [0.1, 0.15) is 12.5 Å². The summed E-state index contributed by atoms with van der Waals surface area (Å²) in [6, 6.07) is 6.59. The number of rotatable bonds is 7. The van der Waals surface area contributed by atoms with Gasteiger partial charge in [0.1, 0.15) is 11.9 Å². The Kier molecular flexibility index (Phi) is 5.92. The SMILES string of the molecule is C=CCn1cnnc1SCc1cc(=O)oc2cc(NC(=O)OCC)ccc12. The Balaban J connectivity index is 1.85. The van der Waals surface area contributed by atoms with E-state index in [0.29, 0.717) is 23.6 Å². The normalized spacial score (nSPS) is 10.7. The number of nitrogens with zero attached hydrogens (tertiary/aromatic N) is 3. The summed E-state index contributed by atoms with van der Waals surface area (Å²) < 4.78 is 12.0. The number of amides is 1. The molecule has 27 heavy (non-hydrogen) atoms. The van der Waals surface area contributed by atoms with Crippen LogP contribution in [0.25, 0.3) is 11.0 Å². The third-order valence-electron chi connectivity index (χ3n) is 3.61. The third-order valence-corrected chi connectivity index (χ3v) is 4.64. The molecule has 0 aliphatic rings. The molecule has 0 radical (unpaired) electrons. The van der Waals surface area contributed by atoms with Gasteiger partial charge in [-0.2, -0.15) is 0 Å². The molecule has 3 aromatic rings. The van der Waals surface area contributed by atoms with Crippen molar-refractivity contribution < 1.29 is 13.9 Å². The summed E-state index contributed by atoms with van der Waals surface area (Å²) in [5.74, 6) is 0.516. The van der Waals surface area contributed by atoms with E-state index in [1.54, 1.807) is 37.5 Å². The van der Waals surface area contributed by atoms with Crippen molar-refractivity contribution in [3.05, 3.63) is 59.2 Å². The van der Waals surface area contributed by atoms with E-state index in [4.69, 9.17) is 9.15 Å². The van der Waals surface area contributed by atoms with Crippen LogP contribution in [-0.4, -0.2) is 27.5 Å². The van der Waals surface area contributed by atoms with E-state index in [9.17, 15) is 9.59 Å². The zero-order chi connectivity index (χ0) is 19.2. The van der Waals surface area contributed by atoms with E-state index in [0.717, 1.165) is 16.1 Å². The lowest BCUT2D eigenvalue weighted by molar-refractivity contribution is 0.168. The number of hydrogen-bond donors (Lipinski definition) is 1. The largest absolute Gasteiger partial charge is 0.450 e. The molecule has 3 rings (SSSR count). The van der Waals surface area contributed by atoms with E-state index in [1.165, 1.54) is 17.8 Å². The van der Waals surface area contributed by atoms with Gasteiger partial charge in [-0.3, -0.25) is 5.32 Å². The number of fused-ring (bicyclic) bond motifs is 1. The van der Waals surface area contributed by atoms with Crippen LogP contribution in [0.2, 0.25) is 0 Å². The van der Waals surface area contributed by atoms with E-state index < -0.39 is 11.7 Å². The van der Waals surface area contributed by atoms with Crippen molar-refractivity contribution in [2.24, 2.45) is 0 Å². The second kappa shape index (κ2) is 8.54. The van der Waals surface area contributed by atoms with E-state index >= 15 is 0 Å². The molecular weight excluding hydrogens is 368 g/mol. The van der Waals surface area contributed by atoms with Gasteiger partial charge in [0.15, 0.2) is 5.16 Å². The first kappa shape index (κ1) is 18.7. The number of anilines is 1. The predicted molar refractivity (Wildman–Crippen MR) is 103 cm³/mol. The Bertz CT molecular complexity index is 1030. The third kappa shape index (κ3) is 4.56. The zero-order valence-corrected chi connectivity index (χ0v) is 15.5. The highest BCUT2D eigenvalue weighted by Gasteiger charge is 2.11. The lowest BCUT2D eigenvalue weighted by atomic mass is 10.1. The van der Waals surface area contributed by atoms with Crippen LogP contribution >= 0.6 is 11.8 Å². The fourth-order valence-electron chi connectivity index (χ4n) is 2.47. The summed E-state index contributed by atoms with van der Waals surface area (Å²) in [6.45, 7) is 6.31. The number of hydrogen-bond acceptors (Lipinski definition) is 7. The van der Waals surface area contributed by atoms with Crippen molar-refractivity contribution in [3.8, 4) is 0 Å². The van der Waals surface area contributed by atoms with Gasteiger partial charge in [-0.15, -0.1) is 16.8 Å². The van der Waals surface area contributed by atoms with Crippen LogP contribution in [0.5, 0.6) is 0 Å². The molecule has 0 unspecified atom stereocenters. The van der Waals surface area contributed by atoms with Gasteiger partial charge in [0, 0.05) is 35.5 Å². The molecule has 0 fully saturated rings. The minimum Gasteiger partial charge on any atom is -0.450 e. The summed E-state index contributed by atoms with van der Waals surface area (Å²) in [4.78, 5) is 23.5. The van der Waals surface area contributed by atoms with Crippen LogP contribution in [0.4, 0.5) is 10.5 Å². The molecule has 0 bridgehead atoms. The van der Waals surface area contributed by atoms with Crippen LogP contribution in [0.15, 0.2) is 57.6 Å². The van der Waals surface area contributed by atoms with Gasteiger partial charge in [0.25, 0.3) is 0 Å². The molecule has 0 aliphatic heterocycles. The fourth-order valence-corrected chi connectivity index (χ4v) is 3.39. The van der Waals surface area contributed by atoms with Gasteiger partial charge in [-0.05, 0) is 24.6 Å². The molecule has 1 aromatic carbocycles. The quantitative estimate of drug-likeness (QED) is 0.377. The van der Waals surface area contributed by atoms with Gasteiger partial charge in [-0.1, -0.05) is 17.8 Å². The highest BCUT2D eigenvalue weighted by Crippen LogP contribution is 2.27. The molecule has 2 aromatic heterocycles. The minimum absolute atomic E-state index is 0.270. The van der Waals surface area contributed by atoms with Crippen molar-refractivity contribution in [1.82, 2.24) is 14.8 Å². The first-order valence-electron chi connectivity index (χ1n) is 8.22. The highest BCUT2D eigenvalue weighted by atomic mass is 32.2. The Labute approximate surface area is 159 Å². The average Bonchev–Trinajstić information content (AvgIpc) is 3.07. The van der Waals surface area contributed by atoms with Crippen LogP contribution in [0, 0.1) is 0 Å². The molecular formula is C18H18N4O4S. The standard InChI is InChI=1S/C18H18N4O4S/c1-3-7-22-11-19-21-17(22)27-10-12-8-16(23)26-15-9-13(5-6-14(12)15)20-18(24)25-4-2/h3,5-6,8-9,11H,1,4,7,10H2,2H3,(H,20,24). The molecule has 0 atom stereocenters. The summed E-state index contributed by atoms with van der Waals surface area (Å²) >= 11 is 1.46. The van der Waals surface area contributed by atoms with E-state index in [-0.39, 0.29) is 6.61 Å². The lowest BCUT2D eigenvalue weighted by Crippen LogP contribution is -2.13. The zero-order valence-electron chi connectivity index (χ0n) is 14.7. The maximum Gasteiger partial charge on any atom is 0.411 e. The Morgan fingerprint density at radius 2 is 2.30 bits per heavy atom. The Morgan fingerprint density at radius 3 is 3.07 bits per heavy atom. The molecule has 0 saturated carbocycles. The number of benzene rings is 1. The number of allylic oxidation sites excluding steroid dienone is 1. The second-order valence-electron chi connectivity index (χ2n) is 5.49. The number of thioether (sulfide) groups is 1. The molecule has 140 valence electrons. The van der Waals surface area contributed by atoms with Gasteiger partial charge >= 0.3 is 11.7 Å².